The molecule has 5 heteroatoms. The highest BCUT2D eigenvalue weighted by Gasteiger charge is 2.12. The van der Waals surface area contributed by atoms with Crippen LogP contribution in [0.15, 0.2) is 15.9 Å². The van der Waals surface area contributed by atoms with Gasteiger partial charge in [0.15, 0.2) is 0 Å². The van der Waals surface area contributed by atoms with Gasteiger partial charge in [0.25, 0.3) is 0 Å². The maximum Gasteiger partial charge on any atom is 0.0701 e. The number of nitrogens with zero attached hydrogens (tertiary/aromatic N) is 1. The number of likely N-dealkylation sites (N-methyl/N-ethyl adjacent to an activating group) is 1. The lowest BCUT2D eigenvalue weighted by Gasteiger charge is -2.24. The number of halogens is 1. The van der Waals surface area contributed by atoms with E-state index in [9.17, 15) is 0 Å². The van der Waals surface area contributed by atoms with E-state index in [0.29, 0.717) is 0 Å². The summed E-state index contributed by atoms with van der Waals surface area (Å²) in [5.41, 5.74) is 0. The molecule has 0 unspecified atom stereocenters. The van der Waals surface area contributed by atoms with E-state index in [0.717, 1.165) is 16.8 Å². The van der Waals surface area contributed by atoms with Crippen molar-refractivity contribution in [2.24, 2.45) is 0 Å². The minimum atomic E-state index is -0.145. The van der Waals surface area contributed by atoms with Crippen molar-refractivity contribution in [1.82, 2.24) is 4.90 Å². The second kappa shape index (κ2) is 6.60. The number of hydrogen-bond donors (Lipinski definition) is 2. The molecule has 15 heavy (non-hydrogen) atoms. The van der Waals surface area contributed by atoms with Crippen LogP contribution in [0.25, 0.3) is 0 Å². The van der Waals surface area contributed by atoms with Crippen LogP contribution in [0.1, 0.15) is 4.88 Å². The van der Waals surface area contributed by atoms with Crippen molar-refractivity contribution >= 4 is 27.3 Å². The van der Waals surface area contributed by atoms with Crippen LogP contribution in [-0.2, 0) is 6.42 Å². The molecule has 1 aromatic heterocycles. The Labute approximate surface area is 102 Å². The van der Waals surface area contributed by atoms with Crippen molar-refractivity contribution in [2.75, 3.05) is 26.8 Å². The number of aliphatic hydroxyl groups is 2. The molecule has 2 N–H and O–H groups in total. The summed E-state index contributed by atoms with van der Waals surface area (Å²) < 4.78 is 1.14. The summed E-state index contributed by atoms with van der Waals surface area (Å²) in [6.07, 6.45) is 0.948. The minimum Gasteiger partial charge on any atom is -0.395 e. The average Bonchev–Trinajstić information content (AvgIpc) is 2.63. The Morgan fingerprint density at radius 3 is 2.53 bits per heavy atom. The normalized spacial score (nSPS) is 11.6. The average molecular weight is 294 g/mol. The topological polar surface area (TPSA) is 43.7 Å². The second-order valence-electron chi connectivity index (χ2n) is 3.46. The van der Waals surface area contributed by atoms with Crippen molar-refractivity contribution < 1.29 is 10.2 Å². The van der Waals surface area contributed by atoms with Gasteiger partial charge in [-0.25, -0.2) is 0 Å². The maximum atomic E-state index is 8.99. The Bertz CT molecular complexity index is 289. The van der Waals surface area contributed by atoms with Gasteiger partial charge in [-0.2, -0.15) is 0 Å². The molecule has 0 aliphatic heterocycles. The predicted octanol–water partition coefficient (Wildman–Crippen LogP) is 1.34. The molecule has 0 aromatic carbocycles. The Morgan fingerprint density at radius 2 is 2.07 bits per heavy atom. The van der Waals surface area contributed by atoms with Crippen LogP contribution in [-0.4, -0.2) is 48.0 Å². The summed E-state index contributed by atoms with van der Waals surface area (Å²) in [4.78, 5) is 3.29. The van der Waals surface area contributed by atoms with Crippen LogP contribution in [0.4, 0.5) is 0 Å². The van der Waals surface area contributed by atoms with Crippen LogP contribution >= 0.6 is 27.3 Å². The molecular formula is C10H16BrNO2S. The van der Waals surface area contributed by atoms with Gasteiger partial charge in [-0.3, -0.25) is 4.90 Å². The van der Waals surface area contributed by atoms with E-state index in [2.05, 4.69) is 22.0 Å². The molecule has 0 fully saturated rings. The summed E-state index contributed by atoms with van der Waals surface area (Å²) in [5, 5.41) is 18.0. The molecule has 0 radical (unpaired) electrons. The van der Waals surface area contributed by atoms with Crippen LogP contribution in [0, 0.1) is 0 Å². The number of hydrogen-bond acceptors (Lipinski definition) is 4. The van der Waals surface area contributed by atoms with Crippen molar-refractivity contribution in [2.45, 2.75) is 12.5 Å². The van der Waals surface area contributed by atoms with E-state index in [1.165, 1.54) is 4.88 Å². The van der Waals surface area contributed by atoms with E-state index in [4.69, 9.17) is 10.2 Å². The zero-order valence-electron chi connectivity index (χ0n) is 8.69. The smallest absolute Gasteiger partial charge is 0.0701 e. The van der Waals surface area contributed by atoms with Crippen molar-refractivity contribution in [3.8, 4) is 0 Å². The highest BCUT2D eigenvalue weighted by atomic mass is 79.9. The first kappa shape index (κ1) is 13.1. The van der Waals surface area contributed by atoms with Crippen LogP contribution in [0.2, 0.25) is 0 Å². The second-order valence-corrected chi connectivity index (χ2v) is 6.00. The van der Waals surface area contributed by atoms with Gasteiger partial charge in [-0.1, -0.05) is 0 Å². The number of thiophene rings is 1. The maximum absolute atomic E-state index is 8.99. The Balaban J connectivity index is 2.36. The molecule has 0 amide bonds. The van der Waals surface area contributed by atoms with E-state index in [-0.39, 0.29) is 19.3 Å². The molecule has 0 aliphatic rings. The van der Waals surface area contributed by atoms with Gasteiger partial charge in [-0.15, -0.1) is 11.3 Å². The fourth-order valence-electron chi connectivity index (χ4n) is 1.29. The van der Waals surface area contributed by atoms with Crippen molar-refractivity contribution in [3.05, 3.63) is 20.8 Å². The van der Waals surface area contributed by atoms with Gasteiger partial charge in [-0.05, 0) is 41.5 Å². The highest BCUT2D eigenvalue weighted by Crippen LogP contribution is 2.22. The van der Waals surface area contributed by atoms with E-state index < -0.39 is 0 Å². The summed E-state index contributed by atoms with van der Waals surface area (Å²) in [6, 6.07) is 3.99. The van der Waals surface area contributed by atoms with Gasteiger partial charge in [0.1, 0.15) is 0 Å². The molecule has 1 aromatic rings. The quantitative estimate of drug-likeness (QED) is 0.832. The van der Waals surface area contributed by atoms with E-state index in [1.54, 1.807) is 11.3 Å². The lowest BCUT2D eigenvalue weighted by atomic mass is 10.2. The number of aliphatic hydroxyl groups excluding tert-OH is 2. The van der Waals surface area contributed by atoms with E-state index >= 15 is 0 Å². The predicted molar refractivity (Wildman–Crippen MR) is 66.3 cm³/mol. The summed E-state index contributed by atoms with van der Waals surface area (Å²) in [7, 11) is 1.92. The Hall–Kier alpha value is 0.0600. The van der Waals surface area contributed by atoms with Gasteiger partial charge < -0.3 is 10.2 Å². The third-order valence-electron chi connectivity index (χ3n) is 2.38. The summed E-state index contributed by atoms with van der Waals surface area (Å²) >= 11 is 5.14. The molecule has 0 spiro atoms. The third kappa shape index (κ3) is 4.20. The lowest BCUT2D eigenvalue weighted by molar-refractivity contribution is 0.0926. The standard InChI is InChI=1S/C10H16BrNO2S/c1-12(8(6-13)7-14)5-4-9-2-3-10(11)15-9/h2-3,8,13-14H,4-7H2,1H3. The molecule has 0 saturated heterocycles. The fourth-order valence-corrected chi connectivity index (χ4v) is 2.76. The van der Waals surface area contributed by atoms with Crippen LogP contribution in [0.3, 0.4) is 0 Å². The van der Waals surface area contributed by atoms with E-state index in [1.807, 2.05) is 18.0 Å². The largest absolute Gasteiger partial charge is 0.395 e. The molecule has 0 bridgehead atoms. The molecule has 86 valence electrons. The third-order valence-corrected chi connectivity index (χ3v) is 4.07. The zero-order chi connectivity index (χ0) is 11.3. The van der Waals surface area contributed by atoms with Gasteiger partial charge in [0.2, 0.25) is 0 Å². The van der Waals surface area contributed by atoms with Gasteiger partial charge in [0.05, 0.1) is 23.0 Å². The monoisotopic (exact) mass is 293 g/mol. The fraction of sp³-hybridized carbons (Fsp3) is 0.600. The van der Waals surface area contributed by atoms with Gasteiger partial charge >= 0.3 is 0 Å². The molecule has 0 atom stereocenters. The first-order valence-electron chi connectivity index (χ1n) is 4.83. The van der Waals surface area contributed by atoms with Crippen LogP contribution in [0.5, 0.6) is 0 Å². The van der Waals surface area contributed by atoms with Crippen molar-refractivity contribution in [3.63, 3.8) is 0 Å². The molecular weight excluding hydrogens is 278 g/mol. The SMILES string of the molecule is CN(CCc1ccc(Br)s1)C(CO)CO. The first-order valence-corrected chi connectivity index (χ1v) is 6.44. The summed E-state index contributed by atoms with van der Waals surface area (Å²) in [6.45, 7) is 0.848. The highest BCUT2D eigenvalue weighted by molar-refractivity contribution is 9.11. The minimum absolute atomic E-state index is 0.00113. The molecule has 1 rings (SSSR count). The van der Waals surface area contributed by atoms with Crippen LogP contribution < -0.4 is 0 Å². The molecule has 1 heterocycles. The zero-order valence-corrected chi connectivity index (χ0v) is 11.1. The number of rotatable bonds is 6. The Morgan fingerprint density at radius 1 is 1.40 bits per heavy atom. The molecule has 0 aliphatic carbocycles. The lowest BCUT2D eigenvalue weighted by Crippen LogP contribution is -2.38. The first-order chi connectivity index (χ1) is 7.17. The molecule has 0 saturated carbocycles. The summed E-state index contributed by atoms with van der Waals surface area (Å²) in [5.74, 6) is 0. The molecule has 3 nitrogen and oxygen atoms in total. The van der Waals surface area contributed by atoms with Crippen molar-refractivity contribution in [1.29, 1.82) is 0 Å². The Kier molecular flexibility index (Phi) is 5.78. The van der Waals surface area contributed by atoms with Gasteiger partial charge in [0, 0.05) is 11.4 Å².